The van der Waals surface area contributed by atoms with Gasteiger partial charge < -0.3 is 5.73 Å². The summed E-state index contributed by atoms with van der Waals surface area (Å²) in [4.78, 5) is -0.619. The summed E-state index contributed by atoms with van der Waals surface area (Å²) in [5.74, 6) is -0.896. The Hall–Kier alpha value is -1.80. The molecule has 0 aliphatic rings. The minimum atomic E-state index is -4.14. The highest BCUT2D eigenvalue weighted by molar-refractivity contribution is 7.92. The number of aromatic nitrogens is 2. The fraction of sp³-hybridized carbons (Fsp3) is 0.100. The molecule has 0 amide bonds. The lowest BCUT2D eigenvalue weighted by Gasteiger charge is -2.09. The Morgan fingerprint density at radius 3 is 2.74 bits per heavy atom. The molecule has 0 unspecified atom stereocenters. The van der Waals surface area contributed by atoms with E-state index >= 15 is 0 Å². The molecule has 1 aromatic carbocycles. The van der Waals surface area contributed by atoms with Crippen LogP contribution in [0, 0.1) is 12.7 Å². The first kappa shape index (κ1) is 13.6. The third kappa shape index (κ3) is 2.64. The van der Waals surface area contributed by atoms with E-state index in [1.807, 2.05) is 0 Å². The minimum absolute atomic E-state index is 0.0283. The Labute approximate surface area is 113 Å². The van der Waals surface area contributed by atoms with Gasteiger partial charge in [0, 0.05) is 10.6 Å². The molecule has 0 atom stereocenters. The second kappa shape index (κ2) is 4.71. The van der Waals surface area contributed by atoms with Crippen LogP contribution in [0.15, 0.2) is 23.2 Å². The van der Waals surface area contributed by atoms with Crippen molar-refractivity contribution in [3.05, 3.63) is 34.7 Å². The molecule has 0 radical (unpaired) electrons. The van der Waals surface area contributed by atoms with Crippen LogP contribution in [-0.2, 0) is 10.0 Å². The lowest BCUT2D eigenvalue weighted by atomic mass is 10.3. The van der Waals surface area contributed by atoms with Crippen LogP contribution < -0.4 is 10.5 Å². The molecule has 2 rings (SSSR count). The van der Waals surface area contributed by atoms with Crippen molar-refractivity contribution in [3.63, 3.8) is 0 Å². The van der Waals surface area contributed by atoms with Gasteiger partial charge in [0.2, 0.25) is 0 Å². The van der Waals surface area contributed by atoms with E-state index in [2.05, 4.69) is 14.9 Å². The molecule has 1 aromatic heterocycles. The van der Waals surface area contributed by atoms with E-state index in [9.17, 15) is 12.8 Å². The predicted molar refractivity (Wildman–Crippen MR) is 70.0 cm³/mol. The van der Waals surface area contributed by atoms with Crippen molar-refractivity contribution in [3.8, 4) is 0 Å². The second-order valence-electron chi connectivity index (χ2n) is 3.84. The summed E-state index contributed by atoms with van der Waals surface area (Å²) >= 11 is 5.68. The zero-order chi connectivity index (χ0) is 14.2. The average Bonchev–Trinajstić information content (AvgIpc) is 2.69. The van der Waals surface area contributed by atoms with Gasteiger partial charge in [0.15, 0.2) is 5.82 Å². The molecule has 0 saturated heterocycles. The van der Waals surface area contributed by atoms with E-state index in [1.54, 1.807) is 6.92 Å². The number of anilines is 2. The van der Waals surface area contributed by atoms with Gasteiger partial charge in [-0.05, 0) is 19.1 Å². The Morgan fingerprint density at radius 2 is 2.16 bits per heavy atom. The summed E-state index contributed by atoms with van der Waals surface area (Å²) in [6.07, 6.45) is 1.43. The first-order chi connectivity index (χ1) is 8.81. The lowest BCUT2D eigenvalue weighted by Crippen LogP contribution is -2.16. The average molecular weight is 305 g/mol. The zero-order valence-electron chi connectivity index (χ0n) is 9.74. The molecule has 0 bridgehead atoms. The summed E-state index contributed by atoms with van der Waals surface area (Å²) in [6, 6.07) is 2.12. The van der Waals surface area contributed by atoms with Crippen molar-refractivity contribution in [1.82, 2.24) is 10.2 Å². The zero-order valence-corrected chi connectivity index (χ0v) is 11.3. The topological polar surface area (TPSA) is 101 Å². The van der Waals surface area contributed by atoms with E-state index in [0.29, 0.717) is 5.56 Å². The number of halogens is 2. The predicted octanol–water partition coefficient (Wildman–Crippen LogP) is 1.89. The summed E-state index contributed by atoms with van der Waals surface area (Å²) in [5, 5.41) is 6.14. The van der Waals surface area contributed by atoms with Crippen LogP contribution in [0.1, 0.15) is 5.56 Å². The smallest absolute Gasteiger partial charge is 0.266 e. The van der Waals surface area contributed by atoms with Gasteiger partial charge in [-0.15, -0.1) is 0 Å². The number of rotatable bonds is 3. The van der Waals surface area contributed by atoms with Gasteiger partial charge in [-0.25, -0.2) is 12.8 Å². The highest BCUT2D eigenvalue weighted by Crippen LogP contribution is 2.26. The van der Waals surface area contributed by atoms with Crippen LogP contribution in [0.25, 0.3) is 0 Å². The molecule has 19 heavy (non-hydrogen) atoms. The van der Waals surface area contributed by atoms with Crippen LogP contribution in [-0.4, -0.2) is 18.6 Å². The number of sulfonamides is 1. The van der Waals surface area contributed by atoms with Crippen molar-refractivity contribution >= 4 is 33.1 Å². The van der Waals surface area contributed by atoms with Gasteiger partial charge >= 0.3 is 0 Å². The van der Waals surface area contributed by atoms with Gasteiger partial charge in [-0.3, -0.25) is 9.82 Å². The summed E-state index contributed by atoms with van der Waals surface area (Å²) < 4.78 is 40.1. The standard InChI is InChI=1S/C10H10ClFN4O2S/c1-5-4-14-15-10(5)16-19(17,18)8-3-6(11)2-7(13)9(8)12/h2-4H,13H2,1H3,(H2,14,15,16). The fourth-order valence-corrected chi connectivity index (χ4v) is 2.93. The maximum Gasteiger partial charge on any atom is 0.266 e. The van der Waals surface area contributed by atoms with Crippen molar-refractivity contribution in [2.75, 3.05) is 10.5 Å². The third-order valence-electron chi connectivity index (χ3n) is 2.39. The van der Waals surface area contributed by atoms with Crippen LogP contribution in [0.3, 0.4) is 0 Å². The Bertz CT molecular complexity index is 729. The number of nitrogens with one attached hydrogen (secondary N) is 2. The number of hydrogen-bond donors (Lipinski definition) is 3. The normalized spacial score (nSPS) is 11.5. The number of nitrogen functional groups attached to an aromatic ring is 1. The molecule has 102 valence electrons. The molecule has 6 nitrogen and oxygen atoms in total. The molecular formula is C10H10ClFN4O2S. The Balaban J connectivity index is 2.49. The van der Waals surface area contributed by atoms with Crippen molar-refractivity contribution in [2.45, 2.75) is 11.8 Å². The van der Waals surface area contributed by atoms with E-state index in [0.717, 1.165) is 12.1 Å². The number of benzene rings is 1. The van der Waals surface area contributed by atoms with Gasteiger partial charge in [0.1, 0.15) is 10.7 Å². The summed E-state index contributed by atoms with van der Waals surface area (Å²) in [7, 11) is -4.14. The van der Waals surface area contributed by atoms with Gasteiger partial charge in [0.25, 0.3) is 10.0 Å². The maximum absolute atomic E-state index is 13.8. The molecule has 0 aliphatic heterocycles. The number of aromatic amines is 1. The fourth-order valence-electron chi connectivity index (χ4n) is 1.42. The van der Waals surface area contributed by atoms with Crippen LogP contribution >= 0.6 is 11.6 Å². The first-order valence-electron chi connectivity index (χ1n) is 5.08. The van der Waals surface area contributed by atoms with E-state index < -0.39 is 20.7 Å². The highest BCUT2D eigenvalue weighted by Gasteiger charge is 2.23. The Kier molecular flexibility index (Phi) is 3.38. The molecule has 0 saturated carbocycles. The largest absolute Gasteiger partial charge is 0.396 e. The molecule has 1 heterocycles. The molecule has 2 aromatic rings. The lowest BCUT2D eigenvalue weighted by molar-refractivity contribution is 0.572. The van der Waals surface area contributed by atoms with Crippen molar-refractivity contribution in [2.24, 2.45) is 0 Å². The SMILES string of the molecule is Cc1cn[nH]c1NS(=O)(=O)c1cc(Cl)cc(N)c1F. The van der Waals surface area contributed by atoms with Gasteiger partial charge in [0.05, 0.1) is 11.9 Å². The minimum Gasteiger partial charge on any atom is -0.396 e. The molecule has 0 spiro atoms. The Morgan fingerprint density at radius 1 is 1.47 bits per heavy atom. The van der Waals surface area contributed by atoms with E-state index in [-0.39, 0.29) is 16.5 Å². The second-order valence-corrected chi connectivity index (χ2v) is 5.93. The molecule has 9 heteroatoms. The van der Waals surface area contributed by atoms with Gasteiger partial charge in [-0.2, -0.15) is 5.10 Å². The number of hydrogen-bond acceptors (Lipinski definition) is 4. The molecule has 4 N–H and O–H groups in total. The first-order valence-corrected chi connectivity index (χ1v) is 6.94. The summed E-state index contributed by atoms with van der Waals surface area (Å²) in [6.45, 7) is 1.64. The van der Waals surface area contributed by atoms with Crippen LogP contribution in [0.2, 0.25) is 5.02 Å². The number of H-pyrrole nitrogens is 1. The highest BCUT2D eigenvalue weighted by atomic mass is 35.5. The van der Waals surface area contributed by atoms with Crippen LogP contribution in [0.5, 0.6) is 0 Å². The molecular weight excluding hydrogens is 295 g/mol. The number of nitrogens with two attached hydrogens (primary N) is 1. The van der Waals surface area contributed by atoms with E-state index in [4.69, 9.17) is 17.3 Å². The summed E-state index contributed by atoms with van der Waals surface area (Å²) in [5.41, 5.74) is 5.58. The number of nitrogens with zero attached hydrogens (tertiary/aromatic N) is 1. The van der Waals surface area contributed by atoms with Crippen LogP contribution in [0.4, 0.5) is 15.9 Å². The third-order valence-corrected chi connectivity index (χ3v) is 3.95. The molecule has 0 aliphatic carbocycles. The quantitative estimate of drug-likeness (QED) is 0.754. The van der Waals surface area contributed by atoms with Crippen molar-refractivity contribution in [1.29, 1.82) is 0 Å². The number of aryl methyl sites for hydroxylation is 1. The van der Waals surface area contributed by atoms with E-state index in [1.165, 1.54) is 6.20 Å². The monoisotopic (exact) mass is 304 g/mol. The molecule has 0 fully saturated rings. The van der Waals surface area contributed by atoms with Crippen molar-refractivity contribution < 1.29 is 12.8 Å². The van der Waals surface area contributed by atoms with Gasteiger partial charge in [-0.1, -0.05) is 11.6 Å². The maximum atomic E-state index is 13.8.